The van der Waals surface area contributed by atoms with Gasteiger partial charge < -0.3 is 10.6 Å². The summed E-state index contributed by atoms with van der Waals surface area (Å²) in [6.45, 7) is 10.8. The Balaban J connectivity index is 4.29. The van der Waals surface area contributed by atoms with Gasteiger partial charge in [0.2, 0.25) is 5.91 Å². The van der Waals surface area contributed by atoms with Crippen molar-refractivity contribution in [1.82, 2.24) is 4.90 Å². The fourth-order valence-corrected chi connectivity index (χ4v) is 1.88. The minimum atomic E-state index is 0.154. The average Bonchev–Trinajstić information content (AvgIpc) is 2.23. The van der Waals surface area contributed by atoms with Crippen molar-refractivity contribution in [3.63, 3.8) is 0 Å². The van der Waals surface area contributed by atoms with E-state index in [1.807, 2.05) is 11.8 Å². The van der Waals surface area contributed by atoms with Crippen molar-refractivity contribution >= 4 is 5.91 Å². The van der Waals surface area contributed by atoms with E-state index in [4.69, 9.17) is 5.73 Å². The Bertz CT molecular complexity index is 192. The van der Waals surface area contributed by atoms with Gasteiger partial charge in [0, 0.05) is 19.0 Å². The third-order valence-electron chi connectivity index (χ3n) is 2.67. The second-order valence-electron chi connectivity index (χ2n) is 5.01. The van der Waals surface area contributed by atoms with E-state index in [9.17, 15) is 4.79 Å². The second kappa shape index (κ2) is 8.57. The number of carbonyl (C=O) groups is 1. The molecule has 1 unspecified atom stereocenters. The van der Waals surface area contributed by atoms with Gasteiger partial charge >= 0.3 is 0 Å². The van der Waals surface area contributed by atoms with Crippen molar-refractivity contribution in [2.75, 3.05) is 19.6 Å². The molecule has 96 valence electrons. The van der Waals surface area contributed by atoms with E-state index in [0.717, 1.165) is 32.4 Å². The van der Waals surface area contributed by atoms with Gasteiger partial charge in [0.05, 0.1) is 0 Å². The van der Waals surface area contributed by atoms with Crippen LogP contribution in [0.15, 0.2) is 0 Å². The standard InChI is InChI=1S/C13H28N2O/c1-5-7-12(4)13(16)15(9-6-8-14)10-11(2)3/h11-12H,5-10,14H2,1-4H3. The topological polar surface area (TPSA) is 46.3 Å². The summed E-state index contributed by atoms with van der Waals surface area (Å²) < 4.78 is 0. The van der Waals surface area contributed by atoms with Crippen LogP contribution in [0.4, 0.5) is 0 Å². The van der Waals surface area contributed by atoms with E-state index < -0.39 is 0 Å². The highest BCUT2D eigenvalue weighted by atomic mass is 16.2. The van der Waals surface area contributed by atoms with Gasteiger partial charge in [-0.2, -0.15) is 0 Å². The number of rotatable bonds is 8. The van der Waals surface area contributed by atoms with Crippen LogP contribution in [0.2, 0.25) is 0 Å². The highest BCUT2D eigenvalue weighted by Crippen LogP contribution is 2.11. The molecule has 0 radical (unpaired) electrons. The first kappa shape index (κ1) is 15.4. The zero-order valence-corrected chi connectivity index (χ0v) is 11.3. The fraction of sp³-hybridized carbons (Fsp3) is 0.923. The van der Waals surface area contributed by atoms with E-state index >= 15 is 0 Å². The van der Waals surface area contributed by atoms with Crippen LogP contribution in [-0.4, -0.2) is 30.4 Å². The molecule has 0 aliphatic rings. The summed E-state index contributed by atoms with van der Waals surface area (Å²) in [5, 5.41) is 0. The number of hydrogen-bond donors (Lipinski definition) is 1. The zero-order valence-electron chi connectivity index (χ0n) is 11.3. The summed E-state index contributed by atoms with van der Waals surface area (Å²) in [4.78, 5) is 14.1. The lowest BCUT2D eigenvalue weighted by Crippen LogP contribution is -2.39. The fourth-order valence-electron chi connectivity index (χ4n) is 1.88. The molecule has 1 amide bonds. The molecular weight excluding hydrogens is 200 g/mol. The molecule has 0 aliphatic heterocycles. The van der Waals surface area contributed by atoms with Gasteiger partial charge in [0.15, 0.2) is 0 Å². The molecule has 3 nitrogen and oxygen atoms in total. The first-order valence-electron chi connectivity index (χ1n) is 6.51. The predicted molar refractivity (Wildman–Crippen MR) is 69.2 cm³/mol. The number of hydrogen-bond acceptors (Lipinski definition) is 2. The number of nitrogens with zero attached hydrogens (tertiary/aromatic N) is 1. The SMILES string of the molecule is CCCC(C)C(=O)N(CCCN)CC(C)C. The lowest BCUT2D eigenvalue weighted by atomic mass is 10.0. The molecule has 1 atom stereocenters. The summed E-state index contributed by atoms with van der Waals surface area (Å²) in [7, 11) is 0. The summed E-state index contributed by atoms with van der Waals surface area (Å²) in [5.41, 5.74) is 5.50. The maximum atomic E-state index is 12.2. The summed E-state index contributed by atoms with van der Waals surface area (Å²) in [6.07, 6.45) is 2.95. The van der Waals surface area contributed by atoms with Gasteiger partial charge in [-0.25, -0.2) is 0 Å². The van der Waals surface area contributed by atoms with Crippen molar-refractivity contribution < 1.29 is 4.79 Å². The van der Waals surface area contributed by atoms with Crippen LogP contribution in [-0.2, 0) is 4.79 Å². The first-order valence-corrected chi connectivity index (χ1v) is 6.51. The van der Waals surface area contributed by atoms with E-state index in [1.165, 1.54) is 0 Å². The number of nitrogens with two attached hydrogens (primary N) is 1. The van der Waals surface area contributed by atoms with Gasteiger partial charge in [0.1, 0.15) is 0 Å². The van der Waals surface area contributed by atoms with Crippen LogP contribution in [0.1, 0.15) is 47.0 Å². The Morgan fingerprint density at radius 3 is 2.38 bits per heavy atom. The Hall–Kier alpha value is -0.570. The van der Waals surface area contributed by atoms with E-state index in [0.29, 0.717) is 18.4 Å². The molecule has 0 aromatic carbocycles. The maximum Gasteiger partial charge on any atom is 0.225 e. The van der Waals surface area contributed by atoms with E-state index in [-0.39, 0.29) is 5.92 Å². The third-order valence-corrected chi connectivity index (χ3v) is 2.67. The molecule has 0 saturated heterocycles. The normalized spacial score (nSPS) is 12.9. The molecule has 0 heterocycles. The van der Waals surface area contributed by atoms with Gasteiger partial charge in [-0.1, -0.05) is 34.1 Å². The molecule has 0 saturated carbocycles. The zero-order chi connectivity index (χ0) is 12.6. The van der Waals surface area contributed by atoms with Crippen LogP contribution < -0.4 is 5.73 Å². The summed E-state index contributed by atoms with van der Waals surface area (Å²) in [5.74, 6) is 0.973. The Labute approximate surface area is 100 Å². The first-order chi connectivity index (χ1) is 7.52. The van der Waals surface area contributed by atoms with Crippen LogP contribution >= 0.6 is 0 Å². The lowest BCUT2D eigenvalue weighted by Gasteiger charge is -2.27. The Morgan fingerprint density at radius 2 is 1.94 bits per heavy atom. The largest absolute Gasteiger partial charge is 0.342 e. The van der Waals surface area contributed by atoms with Crippen molar-refractivity contribution in [3.05, 3.63) is 0 Å². The minimum absolute atomic E-state index is 0.154. The van der Waals surface area contributed by atoms with E-state index in [2.05, 4.69) is 20.8 Å². The third kappa shape index (κ3) is 6.11. The smallest absolute Gasteiger partial charge is 0.225 e. The quantitative estimate of drug-likeness (QED) is 0.692. The molecule has 3 heteroatoms. The van der Waals surface area contributed by atoms with Crippen LogP contribution in [0.5, 0.6) is 0 Å². The highest BCUT2D eigenvalue weighted by molar-refractivity contribution is 5.78. The van der Waals surface area contributed by atoms with Gasteiger partial charge in [-0.05, 0) is 25.3 Å². The molecule has 16 heavy (non-hydrogen) atoms. The summed E-state index contributed by atoms with van der Waals surface area (Å²) in [6, 6.07) is 0. The average molecular weight is 228 g/mol. The monoisotopic (exact) mass is 228 g/mol. The molecule has 2 N–H and O–H groups in total. The molecule has 0 rings (SSSR count). The predicted octanol–water partition coefficient (Wildman–Crippen LogP) is 2.26. The van der Waals surface area contributed by atoms with Gasteiger partial charge in [0.25, 0.3) is 0 Å². The van der Waals surface area contributed by atoms with Crippen LogP contribution in [0.25, 0.3) is 0 Å². The molecule has 0 bridgehead atoms. The highest BCUT2D eigenvalue weighted by Gasteiger charge is 2.19. The number of amides is 1. The Morgan fingerprint density at radius 1 is 1.31 bits per heavy atom. The second-order valence-corrected chi connectivity index (χ2v) is 5.01. The molecule has 0 spiro atoms. The molecular formula is C13H28N2O. The lowest BCUT2D eigenvalue weighted by molar-refractivity contribution is -0.135. The maximum absolute atomic E-state index is 12.2. The van der Waals surface area contributed by atoms with Gasteiger partial charge in [-0.3, -0.25) is 4.79 Å². The van der Waals surface area contributed by atoms with Crippen molar-refractivity contribution in [3.8, 4) is 0 Å². The van der Waals surface area contributed by atoms with Crippen molar-refractivity contribution in [2.24, 2.45) is 17.6 Å². The molecule has 0 aliphatic carbocycles. The van der Waals surface area contributed by atoms with Gasteiger partial charge in [-0.15, -0.1) is 0 Å². The van der Waals surface area contributed by atoms with E-state index in [1.54, 1.807) is 0 Å². The Kier molecular flexibility index (Phi) is 8.26. The number of carbonyl (C=O) groups excluding carboxylic acids is 1. The van der Waals surface area contributed by atoms with Crippen LogP contribution in [0.3, 0.4) is 0 Å². The van der Waals surface area contributed by atoms with Crippen molar-refractivity contribution in [1.29, 1.82) is 0 Å². The molecule has 0 fully saturated rings. The van der Waals surface area contributed by atoms with Crippen LogP contribution in [0, 0.1) is 11.8 Å². The minimum Gasteiger partial charge on any atom is -0.342 e. The summed E-state index contributed by atoms with van der Waals surface area (Å²) >= 11 is 0. The molecule has 0 aromatic heterocycles. The van der Waals surface area contributed by atoms with Crippen molar-refractivity contribution in [2.45, 2.75) is 47.0 Å². The molecule has 0 aromatic rings.